The van der Waals surface area contributed by atoms with Gasteiger partial charge in [-0.2, -0.15) is 0 Å². The van der Waals surface area contributed by atoms with E-state index in [-0.39, 0.29) is 65.0 Å². The SMILES string of the molecule is O=C(CCOCCOCCC(=O)ON1C(=O)CCC1=O)NCC(=O)ON1C(=O)CCC1=O. The summed E-state index contributed by atoms with van der Waals surface area (Å²) in [5.41, 5.74) is 0. The van der Waals surface area contributed by atoms with E-state index in [1.165, 1.54) is 0 Å². The lowest BCUT2D eigenvalue weighted by atomic mass is 10.4. The molecule has 2 saturated heterocycles. The van der Waals surface area contributed by atoms with Crippen molar-refractivity contribution in [3.8, 4) is 0 Å². The van der Waals surface area contributed by atoms with Crippen molar-refractivity contribution in [3.63, 3.8) is 0 Å². The van der Waals surface area contributed by atoms with Gasteiger partial charge in [0.25, 0.3) is 23.6 Å². The number of rotatable bonds is 13. The van der Waals surface area contributed by atoms with Crippen LogP contribution in [0.2, 0.25) is 0 Å². The van der Waals surface area contributed by atoms with Crippen LogP contribution < -0.4 is 5.32 Å². The number of carbonyl (C=O) groups is 7. The van der Waals surface area contributed by atoms with Crippen LogP contribution in [0.1, 0.15) is 38.5 Å². The van der Waals surface area contributed by atoms with Crippen LogP contribution >= 0.6 is 0 Å². The van der Waals surface area contributed by atoms with Crippen molar-refractivity contribution >= 4 is 41.5 Å². The van der Waals surface area contributed by atoms with E-state index in [1.807, 2.05) is 0 Å². The number of hydroxylamine groups is 4. The lowest BCUT2D eigenvalue weighted by molar-refractivity contribution is -0.198. The molecule has 0 aromatic rings. The highest BCUT2D eigenvalue weighted by atomic mass is 16.7. The first-order valence-corrected chi connectivity index (χ1v) is 9.83. The minimum absolute atomic E-state index is 0.0109. The maximum atomic E-state index is 11.6. The van der Waals surface area contributed by atoms with Gasteiger partial charge in [-0.15, -0.1) is 10.1 Å². The van der Waals surface area contributed by atoms with Gasteiger partial charge in [-0.3, -0.25) is 24.0 Å². The molecule has 2 aliphatic rings. The van der Waals surface area contributed by atoms with Crippen molar-refractivity contribution in [1.29, 1.82) is 0 Å². The zero-order chi connectivity index (χ0) is 23.5. The predicted molar refractivity (Wildman–Crippen MR) is 98.2 cm³/mol. The van der Waals surface area contributed by atoms with E-state index in [4.69, 9.17) is 9.47 Å². The number of imide groups is 2. The second kappa shape index (κ2) is 12.5. The van der Waals surface area contributed by atoms with Crippen LogP contribution in [0.4, 0.5) is 0 Å². The molecular weight excluding hydrogens is 434 g/mol. The van der Waals surface area contributed by atoms with Gasteiger partial charge in [0, 0.05) is 32.1 Å². The molecule has 2 aliphatic heterocycles. The predicted octanol–water partition coefficient (Wildman–Crippen LogP) is -1.87. The normalized spacial score (nSPS) is 16.0. The Morgan fingerprint density at radius 1 is 0.656 bits per heavy atom. The molecular formula is C18H23N3O11. The second-order valence-electron chi connectivity index (χ2n) is 6.59. The minimum Gasteiger partial charge on any atom is -0.379 e. The maximum Gasteiger partial charge on any atom is 0.352 e. The molecule has 0 aromatic carbocycles. The second-order valence-corrected chi connectivity index (χ2v) is 6.59. The molecule has 2 fully saturated rings. The molecule has 0 bridgehead atoms. The fourth-order valence-corrected chi connectivity index (χ4v) is 2.50. The average molecular weight is 457 g/mol. The van der Waals surface area contributed by atoms with E-state index >= 15 is 0 Å². The Labute approximate surface area is 181 Å². The number of ether oxygens (including phenoxy) is 2. The summed E-state index contributed by atoms with van der Waals surface area (Å²) in [7, 11) is 0. The number of nitrogens with zero attached hydrogens (tertiary/aromatic N) is 2. The summed E-state index contributed by atoms with van der Waals surface area (Å²) < 4.78 is 10.3. The summed E-state index contributed by atoms with van der Waals surface area (Å²) in [5.74, 6) is -4.57. The first-order valence-electron chi connectivity index (χ1n) is 9.83. The molecule has 14 heteroatoms. The molecule has 0 unspecified atom stereocenters. The molecule has 2 rings (SSSR count). The van der Waals surface area contributed by atoms with E-state index in [0.717, 1.165) is 0 Å². The maximum absolute atomic E-state index is 11.6. The molecule has 14 nitrogen and oxygen atoms in total. The molecule has 5 amide bonds. The van der Waals surface area contributed by atoms with Crippen LogP contribution in [-0.2, 0) is 52.7 Å². The fraction of sp³-hybridized carbons (Fsp3) is 0.611. The summed E-state index contributed by atoms with van der Waals surface area (Å²) in [4.78, 5) is 89.3. The van der Waals surface area contributed by atoms with Gasteiger partial charge >= 0.3 is 11.9 Å². The topological polar surface area (TPSA) is 175 Å². The molecule has 0 atom stereocenters. The van der Waals surface area contributed by atoms with Gasteiger partial charge in [-0.05, 0) is 0 Å². The van der Waals surface area contributed by atoms with Crippen molar-refractivity contribution in [1.82, 2.24) is 15.4 Å². The summed E-state index contributed by atoms with van der Waals surface area (Å²) in [6.45, 7) is -0.228. The van der Waals surface area contributed by atoms with Crippen molar-refractivity contribution in [2.75, 3.05) is 33.0 Å². The number of amides is 5. The van der Waals surface area contributed by atoms with Gasteiger partial charge in [0.15, 0.2) is 0 Å². The van der Waals surface area contributed by atoms with Crippen LogP contribution in [0.25, 0.3) is 0 Å². The quantitative estimate of drug-likeness (QED) is 0.242. The third-order valence-corrected chi connectivity index (χ3v) is 4.12. The Morgan fingerprint density at radius 3 is 1.59 bits per heavy atom. The van der Waals surface area contributed by atoms with Gasteiger partial charge in [0.2, 0.25) is 5.91 Å². The van der Waals surface area contributed by atoms with E-state index in [2.05, 4.69) is 15.0 Å². The lowest BCUT2D eigenvalue weighted by Gasteiger charge is -2.13. The monoisotopic (exact) mass is 457 g/mol. The molecule has 0 aliphatic carbocycles. The largest absolute Gasteiger partial charge is 0.379 e. The molecule has 0 radical (unpaired) electrons. The summed E-state index contributed by atoms with van der Waals surface area (Å²) in [6.07, 6.45) is -0.233. The van der Waals surface area contributed by atoms with E-state index < -0.39 is 48.0 Å². The molecule has 0 saturated carbocycles. The van der Waals surface area contributed by atoms with Gasteiger partial charge in [-0.1, -0.05) is 0 Å². The van der Waals surface area contributed by atoms with Gasteiger partial charge < -0.3 is 24.5 Å². The van der Waals surface area contributed by atoms with Crippen LogP contribution in [-0.4, -0.2) is 84.6 Å². The van der Waals surface area contributed by atoms with Crippen molar-refractivity contribution in [3.05, 3.63) is 0 Å². The Kier molecular flexibility index (Phi) is 9.69. The lowest BCUT2D eigenvalue weighted by Crippen LogP contribution is -2.37. The molecule has 176 valence electrons. The molecule has 2 heterocycles. The summed E-state index contributed by atoms with van der Waals surface area (Å²) in [6, 6.07) is 0. The molecule has 1 N–H and O–H groups in total. The van der Waals surface area contributed by atoms with Crippen LogP contribution in [0.15, 0.2) is 0 Å². The van der Waals surface area contributed by atoms with Crippen LogP contribution in [0.3, 0.4) is 0 Å². The van der Waals surface area contributed by atoms with Crippen LogP contribution in [0.5, 0.6) is 0 Å². The smallest absolute Gasteiger partial charge is 0.352 e. The average Bonchev–Trinajstić information content (AvgIpc) is 3.24. The van der Waals surface area contributed by atoms with E-state index in [0.29, 0.717) is 10.1 Å². The van der Waals surface area contributed by atoms with Gasteiger partial charge in [0.1, 0.15) is 6.54 Å². The minimum atomic E-state index is -0.951. The molecule has 32 heavy (non-hydrogen) atoms. The third-order valence-electron chi connectivity index (χ3n) is 4.12. The van der Waals surface area contributed by atoms with Crippen molar-refractivity contribution in [2.45, 2.75) is 38.5 Å². The van der Waals surface area contributed by atoms with E-state index in [1.54, 1.807) is 0 Å². The van der Waals surface area contributed by atoms with Gasteiger partial charge in [0.05, 0.1) is 32.8 Å². The highest BCUT2D eigenvalue weighted by Gasteiger charge is 2.33. The Morgan fingerprint density at radius 2 is 1.09 bits per heavy atom. The van der Waals surface area contributed by atoms with Crippen molar-refractivity contribution < 1.29 is 52.7 Å². The summed E-state index contributed by atoms with van der Waals surface area (Å²) in [5, 5.41) is 3.12. The molecule has 0 aromatic heterocycles. The van der Waals surface area contributed by atoms with Gasteiger partial charge in [-0.25, -0.2) is 9.59 Å². The van der Waals surface area contributed by atoms with Crippen molar-refractivity contribution in [2.24, 2.45) is 0 Å². The summed E-state index contributed by atoms with van der Waals surface area (Å²) >= 11 is 0. The highest BCUT2D eigenvalue weighted by molar-refractivity contribution is 6.02. The molecule has 0 spiro atoms. The number of nitrogens with one attached hydrogen (secondary N) is 1. The fourth-order valence-electron chi connectivity index (χ4n) is 2.50. The first-order chi connectivity index (χ1) is 15.3. The zero-order valence-corrected chi connectivity index (χ0v) is 17.2. The first kappa shape index (κ1) is 24.9. The Balaban J connectivity index is 1.43. The van der Waals surface area contributed by atoms with Crippen LogP contribution in [0, 0.1) is 0 Å². The standard InChI is InChI=1S/C18H23N3O11/c22-12(19-11-18(28)32-21-15(25)3-4-16(21)26)5-7-29-9-10-30-8-6-17(27)31-20-13(23)1-2-14(20)24/h1-11H2,(H,19,22). The zero-order valence-electron chi connectivity index (χ0n) is 17.2. The Hall–Kier alpha value is -3.39. The highest BCUT2D eigenvalue weighted by Crippen LogP contribution is 2.13. The number of hydrogen-bond acceptors (Lipinski definition) is 11. The van der Waals surface area contributed by atoms with E-state index in [9.17, 15) is 33.6 Å². The number of carbonyl (C=O) groups excluding carboxylic acids is 7. The number of hydrogen-bond donors (Lipinski definition) is 1. The Bertz CT molecular complexity index is 750. The third kappa shape index (κ3) is 8.03.